The van der Waals surface area contributed by atoms with Gasteiger partial charge in [0, 0.05) is 19.3 Å². The highest BCUT2D eigenvalue weighted by Crippen LogP contribution is 2.26. The number of hydrogen-bond acceptors (Lipinski definition) is 4. The van der Waals surface area contributed by atoms with Crippen LogP contribution in [0.4, 0.5) is 10.2 Å². The minimum Gasteiger partial charge on any atom is -0.370 e. The standard InChI is InChI=1S/C16H14FN3O/c17-14-5-3-12(4-6-14)15-11-20(8-9-21-15)16-13(10-18)2-1-7-19-16/h1-7,15H,8-9,11H2/t15-/m1/s1. The number of aromatic nitrogens is 1. The van der Waals surface area contributed by atoms with Gasteiger partial charge < -0.3 is 9.64 Å². The fourth-order valence-electron chi connectivity index (χ4n) is 2.46. The summed E-state index contributed by atoms with van der Waals surface area (Å²) >= 11 is 0. The minimum atomic E-state index is -0.261. The number of anilines is 1. The van der Waals surface area contributed by atoms with Crippen LogP contribution in [-0.2, 0) is 4.74 Å². The molecular weight excluding hydrogens is 269 g/mol. The SMILES string of the molecule is N#Cc1cccnc1N1CCO[C@@H](c2ccc(F)cc2)C1. The molecule has 0 N–H and O–H groups in total. The molecule has 5 heteroatoms. The van der Waals surface area contributed by atoms with E-state index in [2.05, 4.69) is 11.1 Å². The second-order valence-electron chi connectivity index (χ2n) is 4.84. The lowest BCUT2D eigenvalue weighted by atomic mass is 10.1. The van der Waals surface area contributed by atoms with E-state index in [4.69, 9.17) is 4.74 Å². The lowest BCUT2D eigenvalue weighted by molar-refractivity contribution is 0.0395. The van der Waals surface area contributed by atoms with Gasteiger partial charge in [0.05, 0.1) is 12.2 Å². The first kappa shape index (κ1) is 13.5. The molecule has 0 aliphatic carbocycles. The molecule has 2 heterocycles. The van der Waals surface area contributed by atoms with Crippen LogP contribution in [-0.4, -0.2) is 24.7 Å². The quantitative estimate of drug-likeness (QED) is 0.850. The third-order valence-corrected chi connectivity index (χ3v) is 3.51. The lowest BCUT2D eigenvalue weighted by Crippen LogP contribution is -2.39. The Kier molecular flexibility index (Phi) is 3.80. The number of ether oxygens (including phenoxy) is 1. The van der Waals surface area contributed by atoms with Crippen molar-refractivity contribution in [3.05, 3.63) is 59.5 Å². The van der Waals surface area contributed by atoms with Crippen molar-refractivity contribution < 1.29 is 9.13 Å². The average molecular weight is 283 g/mol. The summed E-state index contributed by atoms with van der Waals surface area (Å²) in [5, 5.41) is 9.17. The molecule has 0 spiro atoms. The summed E-state index contributed by atoms with van der Waals surface area (Å²) in [6.07, 6.45) is 1.53. The second-order valence-corrected chi connectivity index (χ2v) is 4.84. The third-order valence-electron chi connectivity index (χ3n) is 3.51. The molecule has 1 aliphatic heterocycles. The van der Waals surface area contributed by atoms with Crippen molar-refractivity contribution in [2.45, 2.75) is 6.10 Å². The Morgan fingerprint density at radius 3 is 2.86 bits per heavy atom. The summed E-state index contributed by atoms with van der Waals surface area (Å²) in [7, 11) is 0. The van der Waals surface area contributed by atoms with Gasteiger partial charge in [-0.25, -0.2) is 9.37 Å². The summed E-state index contributed by atoms with van der Waals surface area (Å²) in [5.41, 5.74) is 1.48. The molecule has 0 saturated carbocycles. The Balaban J connectivity index is 1.83. The Hall–Kier alpha value is -2.45. The average Bonchev–Trinajstić information content (AvgIpc) is 2.55. The lowest BCUT2D eigenvalue weighted by Gasteiger charge is -2.34. The topological polar surface area (TPSA) is 49.2 Å². The number of rotatable bonds is 2. The summed E-state index contributed by atoms with van der Waals surface area (Å²) in [4.78, 5) is 6.34. The monoisotopic (exact) mass is 283 g/mol. The van der Waals surface area contributed by atoms with E-state index in [9.17, 15) is 9.65 Å². The van der Waals surface area contributed by atoms with Gasteiger partial charge in [0.2, 0.25) is 0 Å². The highest BCUT2D eigenvalue weighted by molar-refractivity contribution is 5.53. The molecule has 4 nitrogen and oxygen atoms in total. The van der Waals surface area contributed by atoms with Crippen LogP contribution >= 0.6 is 0 Å². The van der Waals surface area contributed by atoms with Gasteiger partial charge in [-0.1, -0.05) is 12.1 Å². The van der Waals surface area contributed by atoms with Crippen LogP contribution in [0.1, 0.15) is 17.2 Å². The molecule has 1 fully saturated rings. The van der Waals surface area contributed by atoms with Crippen LogP contribution in [0.25, 0.3) is 0 Å². The number of benzene rings is 1. The zero-order chi connectivity index (χ0) is 14.7. The Bertz CT molecular complexity index is 666. The van der Waals surface area contributed by atoms with Crippen LogP contribution in [0.5, 0.6) is 0 Å². The third kappa shape index (κ3) is 2.86. The van der Waals surface area contributed by atoms with Crippen LogP contribution in [0.15, 0.2) is 42.6 Å². The van der Waals surface area contributed by atoms with E-state index in [0.29, 0.717) is 31.1 Å². The van der Waals surface area contributed by atoms with Crippen molar-refractivity contribution in [1.82, 2.24) is 4.98 Å². The Morgan fingerprint density at radius 1 is 1.29 bits per heavy atom. The van der Waals surface area contributed by atoms with Gasteiger partial charge in [0.1, 0.15) is 23.8 Å². The summed E-state index contributed by atoms with van der Waals surface area (Å²) in [5.74, 6) is 0.415. The number of halogens is 1. The Morgan fingerprint density at radius 2 is 2.10 bits per heavy atom. The van der Waals surface area contributed by atoms with E-state index in [1.807, 2.05) is 4.90 Å². The maximum atomic E-state index is 13.0. The predicted octanol–water partition coefficient (Wildman–Crippen LogP) is 2.67. The second kappa shape index (κ2) is 5.90. The van der Waals surface area contributed by atoms with Crippen LogP contribution in [0.3, 0.4) is 0 Å². The van der Waals surface area contributed by atoms with Crippen molar-refractivity contribution in [2.24, 2.45) is 0 Å². The Labute approximate surface area is 122 Å². The van der Waals surface area contributed by atoms with E-state index in [-0.39, 0.29) is 11.9 Å². The number of nitrogens with zero attached hydrogens (tertiary/aromatic N) is 3. The summed E-state index contributed by atoms with van der Waals surface area (Å²) < 4.78 is 18.8. The first-order chi connectivity index (χ1) is 10.3. The van der Waals surface area contributed by atoms with E-state index in [1.54, 1.807) is 30.5 Å². The van der Waals surface area contributed by atoms with Crippen molar-refractivity contribution in [3.63, 3.8) is 0 Å². The van der Waals surface area contributed by atoms with Crippen molar-refractivity contribution in [2.75, 3.05) is 24.6 Å². The van der Waals surface area contributed by atoms with Gasteiger partial charge in [-0.2, -0.15) is 5.26 Å². The first-order valence-corrected chi connectivity index (χ1v) is 6.75. The molecule has 0 amide bonds. The highest BCUT2D eigenvalue weighted by atomic mass is 19.1. The molecule has 1 atom stereocenters. The smallest absolute Gasteiger partial charge is 0.146 e. The molecule has 1 aromatic carbocycles. The van der Waals surface area contributed by atoms with E-state index in [0.717, 1.165) is 5.56 Å². The predicted molar refractivity (Wildman–Crippen MR) is 76.3 cm³/mol. The molecule has 0 bridgehead atoms. The van der Waals surface area contributed by atoms with Crippen molar-refractivity contribution >= 4 is 5.82 Å². The van der Waals surface area contributed by atoms with Gasteiger partial charge in [-0.05, 0) is 29.8 Å². The molecule has 1 saturated heterocycles. The fraction of sp³-hybridized carbons (Fsp3) is 0.250. The maximum Gasteiger partial charge on any atom is 0.146 e. The molecule has 1 aromatic heterocycles. The molecule has 0 radical (unpaired) electrons. The van der Waals surface area contributed by atoms with Gasteiger partial charge >= 0.3 is 0 Å². The number of morpholine rings is 1. The maximum absolute atomic E-state index is 13.0. The molecule has 106 valence electrons. The highest BCUT2D eigenvalue weighted by Gasteiger charge is 2.24. The van der Waals surface area contributed by atoms with E-state index >= 15 is 0 Å². The zero-order valence-electron chi connectivity index (χ0n) is 11.4. The van der Waals surface area contributed by atoms with Crippen LogP contribution < -0.4 is 4.90 Å². The first-order valence-electron chi connectivity index (χ1n) is 6.75. The summed E-state index contributed by atoms with van der Waals surface area (Å²) in [6, 6.07) is 12.0. The largest absolute Gasteiger partial charge is 0.370 e. The van der Waals surface area contributed by atoms with Gasteiger partial charge in [0.25, 0.3) is 0 Å². The van der Waals surface area contributed by atoms with E-state index in [1.165, 1.54) is 12.1 Å². The van der Waals surface area contributed by atoms with Crippen molar-refractivity contribution in [1.29, 1.82) is 5.26 Å². The molecule has 2 aromatic rings. The normalized spacial score (nSPS) is 18.3. The van der Waals surface area contributed by atoms with Gasteiger partial charge in [-0.3, -0.25) is 0 Å². The fourth-order valence-corrected chi connectivity index (χ4v) is 2.46. The number of nitriles is 1. The number of pyridine rings is 1. The van der Waals surface area contributed by atoms with Crippen LogP contribution in [0.2, 0.25) is 0 Å². The summed E-state index contributed by atoms with van der Waals surface area (Å²) in [6.45, 7) is 1.82. The zero-order valence-corrected chi connectivity index (χ0v) is 11.4. The van der Waals surface area contributed by atoms with Crippen LogP contribution in [0, 0.1) is 17.1 Å². The molecule has 21 heavy (non-hydrogen) atoms. The number of hydrogen-bond donors (Lipinski definition) is 0. The van der Waals surface area contributed by atoms with Gasteiger partial charge in [-0.15, -0.1) is 0 Å². The molecule has 0 unspecified atom stereocenters. The molecule has 3 rings (SSSR count). The van der Waals surface area contributed by atoms with E-state index < -0.39 is 0 Å². The van der Waals surface area contributed by atoms with Crippen molar-refractivity contribution in [3.8, 4) is 6.07 Å². The molecular formula is C16H14FN3O. The molecule has 1 aliphatic rings. The van der Waals surface area contributed by atoms with Gasteiger partial charge in [0.15, 0.2) is 0 Å². The minimum absolute atomic E-state index is 0.145.